The van der Waals surface area contributed by atoms with E-state index in [4.69, 9.17) is 1.37 Å². The quantitative estimate of drug-likeness (QED) is 0.127. The minimum absolute atomic E-state index is 0. The molecule has 0 bridgehead atoms. The van der Waals surface area contributed by atoms with Crippen molar-refractivity contribution in [1.82, 2.24) is 9.97 Å². The molecule has 7 aromatic rings. The van der Waals surface area contributed by atoms with Gasteiger partial charge in [-0.25, -0.2) is 0 Å². The summed E-state index contributed by atoms with van der Waals surface area (Å²) in [6.45, 7) is 5.92. The summed E-state index contributed by atoms with van der Waals surface area (Å²) in [6.07, 6.45) is 3.84. The van der Waals surface area contributed by atoms with Gasteiger partial charge in [-0.05, 0) is 51.9 Å². The van der Waals surface area contributed by atoms with Crippen LogP contribution in [0.5, 0.6) is 0 Å². The van der Waals surface area contributed by atoms with Crippen LogP contribution in [0.25, 0.3) is 53.8 Å². The van der Waals surface area contributed by atoms with E-state index in [1.54, 1.807) is 17.5 Å². The summed E-state index contributed by atoms with van der Waals surface area (Å²) in [5.74, 6) is 6.48. The Hall–Kier alpha value is -3.41. The molecular formula is C41H38GeIrN2S-2. The van der Waals surface area contributed by atoms with E-state index in [1.165, 1.54) is 41.3 Å². The van der Waals surface area contributed by atoms with Gasteiger partial charge in [-0.3, -0.25) is 0 Å². The molecule has 0 aliphatic heterocycles. The second kappa shape index (κ2) is 14.6. The molecule has 46 heavy (non-hydrogen) atoms. The molecule has 0 saturated carbocycles. The van der Waals surface area contributed by atoms with Gasteiger partial charge in [0.25, 0.3) is 0 Å². The fourth-order valence-electron chi connectivity index (χ4n) is 5.29. The van der Waals surface area contributed by atoms with Gasteiger partial charge in [-0.15, -0.1) is 23.8 Å². The van der Waals surface area contributed by atoms with Crippen molar-refractivity contribution >= 4 is 49.2 Å². The number of rotatable bonds is 5. The van der Waals surface area contributed by atoms with Crippen LogP contribution in [-0.2, 0) is 20.1 Å². The Morgan fingerprint density at radius 1 is 0.761 bits per heavy atom. The maximum absolute atomic E-state index is 8.37. The smallest absolute Gasteiger partial charge is 0 e. The van der Waals surface area contributed by atoms with Crippen LogP contribution < -0.4 is 4.40 Å². The molecule has 7 rings (SSSR count). The van der Waals surface area contributed by atoms with Crippen molar-refractivity contribution in [2.24, 2.45) is 0 Å². The van der Waals surface area contributed by atoms with Crippen LogP contribution >= 0.6 is 11.3 Å². The molecule has 5 heteroatoms. The van der Waals surface area contributed by atoms with Crippen LogP contribution in [-0.4, -0.2) is 23.2 Å². The van der Waals surface area contributed by atoms with E-state index < -0.39 is 19.2 Å². The van der Waals surface area contributed by atoms with Gasteiger partial charge in [-0.1, -0.05) is 72.8 Å². The third-order valence-electron chi connectivity index (χ3n) is 8.03. The van der Waals surface area contributed by atoms with Gasteiger partial charge in [0.05, 0.1) is 0 Å². The molecule has 0 amide bonds. The molecule has 2 nitrogen and oxygen atoms in total. The second-order valence-corrected chi connectivity index (χ2v) is 24.4. The number of benzene rings is 4. The van der Waals surface area contributed by atoms with Crippen LogP contribution in [0.1, 0.15) is 32.2 Å². The molecule has 4 aromatic carbocycles. The zero-order valence-corrected chi connectivity index (χ0v) is 32.4. The number of hydrogen-bond acceptors (Lipinski definition) is 3. The maximum Gasteiger partial charge on any atom is 0 e. The standard InChI is InChI=1S/C27H22NS.C14H16GeN.Ir/c1-17(2)20-13-14-28-25(15-20)24-6-4-5-23-22-12-11-21(16-26(22)29-27(23)24)19-9-7-18(3)8-10-19;1-15(2,3)13-9-10-14(16-11-13)12-7-5-4-6-8-12;/h4-5,7-17H,1-3H3;4-7,9-11H,1-3H3;/q2*-1;/i17D;;. The summed E-state index contributed by atoms with van der Waals surface area (Å²) in [6, 6.07) is 42.4. The summed E-state index contributed by atoms with van der Waals surface area (Å²) in [7, 11) is 0. The molecule has 0 aliphatic carbocycles. The SMILES string of the molecule is [2H]C(C)(C)c1ccnc(-c2[c-]ccc3c2sc2cc(-c4ccc(C)cc4)ccc23)c1.[CH3][Ge]([CH3])([CH3])[c]1ccc(-c2[c-]cccc2)nc1.[Ir]. The second-order valence-electron chi connectivity index (χ2n) is 12.7. The third kappa shape index (κ3) is 7.58. The average Bonchev–Trinajstić information content (AvgIpc) is 3.43. The van der Waals surface area contributed by atoms with Gasteiger partial charge < -0.3 is 4.98 Å². The van der Waals surface area contributed by atoms with Crippen molar-refractivity contribution in [3.8, 4) is 33.6 Å². The Balaban J connectivity index is 0.000000217. The van der Waals surface area contributed by atoms with Crippen molar-refractivity contribution in [2.45, 2.75) is 43.9 Å². The van der Waals surface area contributed by atoms with Crippen molar-refractivity contribution in [3.05, 3.63) is 139 Å². The zero-order valence-electron chi connectivity index (χ0n) is 28.1. The average molecular weight is 857 g/mol. The molecule has 1 radical (unpaired) electrons. The van der Waals surface area contributed by atoms with E-state index in [1.807, 2.05) is 62.5 Å². The van der Waals surface area contributed by atoms with Gasteiger partial charge >= 0.3 is 99.8 Å². The molecule has 3 heterocycles. The predicted molar refractivity (Wildman–Crippen MR) is 197 cm³/mol. The van der Waals surface area contributed by atoms with Crippen LogP contribution in [0.4, 0.5) is 0 Å². The molecular weight excluding hydrogens is 817 g/mol. The Bertz CT molecular complexity index is 2110. The van der Waals surface area contributed by atoms with Gasteiger partial charge in [-0.2, -0.15) is 11.3 Å². The molecule has 3 aromatic heterocycles. The van der Waals surface area contributed by atoms with Crippen molar-refractivity contribution in [3.63, 3.8) is 0 Å². The first-order valence-corrected chi connectivity index (χ1v) is 23.5. The van der Waals surface area contributed by atoms with Crippen LogP contribution in [0, 0.1) is 19.1 Å². The number of nitrogens with zero attached hydrogens (tertiary/aromatic N) is 2. The summed E-state index contributed by atoms with van der Waals surface area (Å²) >= 11 is 0.0744. The molecule has 0 unspecified atom stereocenters. The molecule has 233 valence electrons. The Kier molecular flexibility index (Phi) is 10.3. The molecule has 0 saturated heterocycles. The minimum Gasteiger partial charge on any atom is 0 e. The molecule has 0 spiro atoms. The molecule has 0 aliphatic rings. The molecule has 0 N–H and O–H groups in total. The number of aromatic nitrogens is 2. The first kappa shape index (κ1) is 32.5. The predicted octanol–water partition coefficient (Wildman–Crippen LogP) is 11.1. The Morgan fingerprint density at radius 3 is 2.22 bits per heavy atom. The van der Waals surface area contributed by atoms with Gasteiger partial charge in [0.2, 0.25) is 0 Å². The zero-order chi connectivity index (χ0) is 32.5. The summed E-state index contributed by atoms with van der Waals surface area (Å²) in [4.78, 5) is 9.14. The first-order valence-electron chi connectivity index (χ1n) is 15.8. The largest absolute Gasteiger partial charge is 0 e. The number of aryl methyl sites for hydroxylation is 1. The van der Waals surface area contributed by atoms with Crippen molar-refractivity contribution in [1.29, 1.82) is 0 Å². The van der Waals surface area contributed by atoms with Gasteiger partial charge in [0, 0.05) is 32.4 Å². The van der Waals surface area contributed by atoms with Crippen LogP contribution in [0.3, 0.4) is 0 Å². The summed E-state index contributed by atoms with van der Waals surface area (Å²) in [5, 5.41) is 2.50. The van der Waals surface area contributed by atoms with E-state index in [0.717, 1.165) is 28.1 Å². The van der Waals surface area contributed by atoms with E-state index in [0.29, 0.717) is 0 Å². The Morgan fingerprint density at radius 2 is 1.54 bits per heavy atom. The summed E-state index contributed by atoms with van der Waals surface area (Å²) in [5.41, 5.74) is 8.66. The van der Waals surface area contributed by atoms with E-state index in [9.17, 15) is 0 Å². The number of hydrogen-bond donors (Lipinski definition) is 0. The Labute approximate surface area is 295 Å². The van der Waals surface area contributed by atoms with E-state index in [-0.39, 0.29) is 20.1 Å². The monoisotopic (exact) mass is 858 g/mol. The van der Waals surface area contributed by atoms with E-state index >= 15 is 0 Å². The van der Waals surface area contributed by atoms with Crippen molar-refractivity contribution in [2.75, 3.05) is 0 Å². The summed E-state index contributed by atoms with van der Waals surface area (Å²) < 4.78 is 12.3. The third-order valence-corrected chi connectivity index (χ3v) is 13.5. The normalized spacial score (nSPS) is 11.8. The number of thiophene rings is 1. The van der Waals surface area contributed by atoms with Gasteiger partial charge in [0.1, 0.15) is 0 Å². The fraction of sp³-hybridized carbons (Fsp3) is 0.171. The first-order chi connectivity index (χ1) is 22.0. The van der Waals surface area contributed by atoms with E-state index in [2.05, 4.69) is 107 Å². The molecule has 0 fully saturated rings. The van der Waals surface area contributed by atoms with Crippen LogP contribution in [0.15, 0.2) is 116 Å². The van der Waals surface area contributed by atoms with Crippen molar-refractivity contribution < 1.29 is 21.5 Å². The number of fused-ring (bicyclic) bond motifs is 3. The minimum atomic E-state index is -1.72. The maximum atomic E-state index is 8.37. The fourth-order valence-corrected chi connectivity index (χ4v) is 8.70. The molecule has 0 atom stereocenters. The van der Waals surface area contributed by atoms with Gasteiger partial charge in [0.15, 0.2) is 0 Å². The topological polar surface area (TPSA) is 25.8 Å². The van der Waals surface area contributed by atoms with Crippen LogP contribution in [0.2, 0.25) is 17.3 Å². The number of pyridine rings is 2.